The van der Waals surface area contributed by atoms with Gasteiger partial charge < -0.3 is 35.0 Å². The van der Waals surface area contributed by atoms with E-state index < -0.39 is 12.1 Å². The number of likely N-dealkylation sites (N-methyl/N-ethyl adjacent to an activating group) is 1. The molecule has 3 atom stereocenters. The fourth-order valence-electron chi connectivity index (χ4n) is 4.75. The van der Waals surface area contributed by atoms with E-state index in [4.69, 9.17) is 9.47 Å². The fraction of sp³-hybridized carbons (Fsp3) is 0.344. The third kappa shape index (κ3) is 7.58. The molecule has 0 saturated heterocycles. The topological polar surface area (TPSA) is 120 Å². The predicted molar refractivity (Wildman–Crippen MR) is 161 cm³/mol. The second-order valence-electron chi connectivity index (χ2n) is 10.6. The Balaban J connectivity index is 1.53. The lowest BCUT2D eigenvalue weighted by atomic mass is 9.99. The van der Waals surface area contributed by atoms with Gasteiger partial charge in [0.2, 0.25) is 5.91 Å². The van der Waals surface area contributed by atoms with Crippen molar-refractivity contribution in [3.05, 3.63) is 83.9 Å². The van der Waals surface area contributed by atoms with Gasteiger partial charge in [0.1, 0.15) is 17.6 Å². The number of hydrogen-bond donors (Lipinski definition) is 3. The third-order valence-corrected chi connectivity index (χ3v) is 7.30. The summed E-state index contributed by atoms with van der Waals surface area (Å²) in [6.07, 6.45) is -0.268. The summed E-state index contributed by atoms with van der Waals surface area (Å²) in [5.74, 6) is 0.347. The number of aliphatic hydroxyl groups is 1. The van der Waals surface area contributed by atoms with Gasteiger partial charge in [0.15, 0.2) is 0 Å². The van der Waals surface area contributed by atoms with Gasteiger partial charge in [-0.1, -0.05) is 37.3 Å². The summed E-state index contributed by atoms with van der Waals surface area (Å²) < 4.78 is 11.5. The van der Waals surface area contributed by atoms with Gasteiger partial charge in [0.25, 0.3) is 5.91 Å². The van der Waals surface area contributed by atoms with E-state index in [1.165, 1.54) is 4.90 Å². The van der Waals surface area contributed by atoms with E-state index in [0.717, 1.165) is 5.56 Å². The number of benzene rings is 3. The Hall–Kier alpha value is -4.57. The molecular weight excluding hydrogens is 536 g/mol. The van der Waals surface area contributed by atoms with Gasteiger partial charge in [-0.15, -0.1) is 0 Å². The molecule has 222 valence electrons. The molecule has 0 saturated carbocycles. The lowest BCUT2D eigenvalue weighted by molar-refractivity contribution is -0.115. The third-order valence-electron chi connectivity index (χ3n) is 7.30. The summed E-state index contributed by atoms with van der Waals surface area (Å²) in [7, 11) is 3.26. The van der Waals surface area contributed by atoms with Crippen LogP contribution in [-0.2, 0) is 11.2 Å². The SMILES string of the molecule is COc1ccc(NC(=O)N(C)C[C@H]2Oc3ccc(NC(=O)Cc4ccccc4)cc3C(=O)N([C@H](C)CO)C[C@H]2C)cc1. The minimum atomic E-state index is -0.463. The van der Waals surface area contributed by atoms with Gasteiger partial charge in [0, 0.05) is 30.9 Å². The molecule has 0 aromatic heterocycles. The zero-order valence-electron chi connectivity index (χ0n) is 24.4. The number of ether oxygens (including phenoxy) is 2. The molecule has 42 heavy (non-hydrogen) atoms. The summed E-state index contributed by atoms with van der Waals surface area (Å²) in [6.45, 7) is 4.07. The average Bonchev–Trinajstić information content (AvgIpc) is 2.99. The van der Waals surface area contributed by atoms with E-state index in [9.17, 15) is 19.5 Å². The largest absolute Gasteiger partial charge is 0.497 e. The van der Waals surface area contributed by atoms with Crippen LogP contribution in [0.3, 0.4) is 0 Å². The zero-order chi connectivity index (χ0) is 30.2. The highest BCUT2D eigenvalue weighted by molar-refractivity contribution is 6.00. The minimum Gasteiger partial charge on any atom is -0.497 e. The predicted octanol–water partition coefficient (Wildman–Crippen LogP) is 4.26. The first kappa shape index (κ1) is 30.4. The minimum absolute atomic E-state index is 0.169. The molecule has 0 radical (unpaired) electrons. The van der Waals surface area contributed by atoms with Crippen LogP contribution in [0.25, 0.3) is 0 Å². The smallest absolute Gasteiger partial charge is 0.321 e. The van der Waals surface area contributed by atoms with Crippen LogP contribution in [0.5, 0.6) is 11.5 Å². The average molecular weight is 575 g/mol. The number of amides is 4. The van der Waals surface area contributed by atoms with Crippen molar-refractivity contribution in [3.63, 3.8) is 0 Å². The summed E-state index contributed by atoms with van der Waals surface area (Å²) >= 11 is 0. The summed E-state index contributed by atoms with van der Waals surface area (Å²) in [5, 5.41) is 15.7. The standard InChI is InChI=1S/C32H38N4O6/c1-21-18-36(22(2)20-37)31(39)27-17-25(33-30(38)16-23-8-6-5-7-9-23)12-15-28(27)42-29(21)19-35(3)32(40)34-24-10-13-26(41-4)14-11-24/h5-15,17,21-22,29,37H,16,18-20H2,1-4H3,(H,33,38)(H,34,40)/t21-,22-,29-/m1/s1. The van der Waals surface area contributed by atoms with Crippen LogP contribution in [0, 0.1) is 5.92 Å². The van der Waals surface area contributed by atoms with Crippen LogP contribution in [0.2, 0.25) is 0 Å². The highest BCUT2D eigenvalue weighted by atomic mass is 16.5. The summed E-state index contributed by atoms with van der Waals surface area (Å²) in [4.78, 5) is 42.5. The summed E-state index contributed by atoms with van der Waals surface area (Å²) in [6, 6.07) is 20.6. The molecule has 10 heteroatoms. The molecule has 0 bridgehead atoms. The Morgan fingerprint density at radius 1 is 1.07 bits per heavy atom. The van der Waals surface area contributed by atoms with Gasteiger partial charge in [-0.05, 0) is 55.0 Å². The first-order valence-corrected chi connectivity index (χ1v) is 13.9. The lowest BCUT2D eigenvalue weighted by Gasteiger charge is -2.38. The molecule has 3 aromatic carbocycles. The van der Waals surface area contributed by atoms with Gasteiger partial charge in [-0.25, -0.2) is 4.79 Å². The zero-order valence-corrected chi connectivity index (χ0v) is 24.4. The van der Waals surface area contributed by atoms with Crippen molar-refractivity contribution < 1.29 is 29.0 Å². The molecule has 10 nitrogen and oxygen atoms in total. The number of nitrogens with one attached hydrogen (secondary N) is 2. The molecule has 0 spiro atoms. The molecule has 3 aromatic rings. The molecule has 0 aliphatic carbocycles. The number of anilines is 2. The second kappa shape index (κ2) is 13.9. The Morgan fingerprint density at radius 3 is 2.43 bits per heavy atom. The highest BCUT2D eigenvalue weighted by Crippen LogP contribution is 2.31. The van der Waals surface area contributed by atoms with Gasteiger partial charge in [-0.2, -0.15) is 0 Å². The van der Waals surface area contributed by atoms with Gasteiger partial charge in [-0.3, -0.25) is 9.59 Å². The maximum absolute atomic E-state index is 13.7. The molecule has 1 heterocycles. The fourth-order valence-corrected chi connectivity index (χ4v) is 4.75. The number of urea groups is 1. The Bertz CT molecular complexity index is 1380. The van der Waals surface area contributed by atoms with E-state index in [-0.39, 0.29) is 48.9 Å². The number of fused-ring (bicyclic) bond motifs is 1. The van der Waals surface area contributed by atoms with Crippen molar-refractivity contribution >= 4 is 29.2 Å². The van der Waals surface area contributed by atoms with E-state index in [1.54, 1.807) is 68.4 Å². The monoisotopic (exact) mass is 574 g/mol. The van der Waals surface area contributed by atoms with Crippen molar-refractivity contribution in [3.8, 4) is 11.5 Å². The van der Waals surface area contributed by atoms with Crippen LogP contribution in [0.15, 0.2) is 72.8 Å². The van der Waals surface area contributed by atoms with E-state index >= 15 is 0 Å². The quantitative estimate of drug-likeness (QED) is 0.351. The Morgan fingerprint density at radius 2 is 1.76 bits per heavy atom. The van der Waals surface area contributed by atoms with Crippen LogP contribution in [0.1, 0.15) is 29.8 Å². The maximum Gasteiger partial charge on any atom is 0.321 e. The molecule has 0 fully saturated rings. The highest BCUT2D eigenvalue weighted by Gasteiger charge is 2.34. The molecule has 1 aliphatic rings. The first-order valence-electron chi connectivity index (χ1n) is 13.9. The van der Waals surface area contributed by atoms with Crippen molar-refractivity contribution in [2.45, 2.75) is 32.4 Å². The molecule has 4 rings (SSSR count). The van der Waals surface area contributed by atoms with Crippen LogP contribution < -0.4 is 20.1 Å². The molecule has 4 amide bonds. The number of carbonyl (C=O) groups is 3. The number of nitrogens with zero attached hydrogens (tertiary/aromatic N) is 2. The number of carbonyl (C=O) groups excluding carboxylic acids is 3. The Labute approximate surface area is 246 Å². The lowest BCUT2D eigenvalue weighted by Crippen LogP contribution is -2.50. The molecule has 0 unspecified atom stereocenters. The van der Waals surface area contributed by atoms with Crippen LogP contribution in [0.4, 0.5) is 16.2 Å². The second-order valence-corrected chi connectivity index (χ2v) is 10.6. The molecule has 1 aliphatic heterocycles. The van der Waals surface area contributed by atoms with Crippen molar-refractivity contribution in [2.75, 3.05) is 44.5 Å². The van der Waals surface area contributed by atoms with Crippen molar-refractivity contribution in [1.29, 1.82) is 0 Å². The van der Waals surface area contributed by atoms with Crippen molar-refractivity contribution in [2.24, 2.45) is 5.92 Å². The molecule has 3 N–H and O–H groups in total. The van der Waals surface area contributed by atoms with Crippen LogP contribution >= 0.6 is 0 Å². The first-order chi connectivity index (χ1) is 20.2. The van der Waals surface area contributed by atoms with E-state index in [2.05, 4.69) is 10.6 Å². The van der Waals surface area contributed by atoms with E-state index in [0.29, 0.717) is 29.4 Å². The number of aliphatic hydroxyl groups excluding tert-OH is 1. The van der Waals surface area contributed by atoms with E-state index in [1.807, 2.05) is 37.3 Å². The van der Waals surface area contributed by atoms with Crippen molar-refractivity contribution in [1.82, 2.24) is 9.80 Å². The summed E-state index contributed by atoms with van der Waals surface area (Å²) in [5.41, 5.74) is 2.24. The van der Waals surface area contributed by atoms with Gasteiger partial charge >= 0.3 is 6.03 Å². The number of hydrogen-bond acceptors (Lipinski definition) is 6. The van der Waals surface area contributed by atoms with Crippen LogP contribution in [-0.4, -0.2) is 78.8 Å². The number of methoxy groups -OCH3 is 1. The number of rotatable bonds is 9. The van der Waals surface area contributed by atoms with Gasteiger partial charge in [0.05, 0.1) is 38.3 Å². The maximum atomic E-state index is 13.7. The normalized spacial score (nSPS) is 17.2. The molecular formula is C32H38N4O6. The Kier molecular flexibility index (Phi) is 10.0.